The fourth-order valence-electron chi connectivity index (χ4n) is 3.05. The van der Waals surface area contributed by atoms with Crippen molar-refractivity contribution in [2.75, 3.05) is 13.1 Å². The predicted molar refractivity (Wildman–Crippen MR) is 86.3 cm³/mol. The van der Waals surface area contributed by atoms with Gasteiger partial charge < -0.3 is 10.2 Å². The fourth-order valence-corrected chi connectivity index (χ4v) is 3.05. The lowest BCUT2D eigenvalue weighted by atomic mass is 10.1. The second-order valence-corrected chi connectivity index (χ2v) is 6.09. The summed E-state index contributed by atoms with van der Waals surface area (Å²) in [6.45, 7) is 7.58. The summed E-state index contributed by atoms with van der Waals surface area (Å²) in [5, 5.41) is 7.93. The number of hydrogen-bond acceptors (Lipinski definition) is 3. The molecule has 1 aromatic heterocycles. The number of para-hydroxylation sites is 1. The lowest BCUT2D eigenvalue weighted by Gasteiger charge is -2.36. The van der Waals surface area contributed by atoms with Gasteiger partial charge in [-0.3, -0.25) is 4.79 Å². The Balaban J connectivity index is 1.86. The van der Waals surface area contributed by atoms with Crippen LogP contribution in [0.5, 0.6) is 0 Å². The zero-order valence-corrected chi connectivity index (χ0v) is 13.3. The van der Waals surface area contributed by atoms with Crippen molar-refractivity contribution >= 4 is 5.91 Å². The van der Waals surface area contributed by atoms with E-state index in [1.54, 1.807) is 4.68 Å². The van der Waals surface area contributed by atoms with Gasteiger partial charge in [0.25, 0.3) is 5.91 Å². The molecule has 116 valence electrons. The van der Waals surface area contributed by atoms with Gasteiger partial charge in [-0.2, -0.15) is 5.10 Å². The fraction of sp³-hybridized carbons (Fsp3) is 0.412. The minimum absolute atomic E-state index is 0.0693. The van der Waals surface area contributed by atoms with Gasteiger partial charge in [-0.15, -0.1) is 0 Å². The molecule has 1 aliphatic rings. The molecule has 0 saturated carbocycles. The van der Waals surface area contributed by atoms with Crippen LogP contribution < -0.4 is 5.32 Å². The lowest BCUT2D eigenvalue weighted by Crippen LogP contribution is -2.55. The van der Waals surface area contributed by atoms with Crippen molar-refractivity contribution in [3.05, 3.63) is 47.8 Å². The van der Waals surface area contributed by atoms with E-state index in [1.807, 2.05) is 48.4 Å². The molecule has 1 amide bonds. The van der Waals surface area contributed by atoms with Gasteiger partial charge in [0.15, 0.2) is 0 Å². The number of aromatic nitrogens is 2. The monoisotopic (exact) mass is 298 g/mol. The first-order valence-electron chi connectivity index (χ1n) is 7.71. The average Bonchev–Trinajstić information content (AvgIpc) is 2.88. The van der Waals surface area contributed by atoms with Crippen LogP contribution in [0.25, 0.3) is 5.69 Å². The van der Waals surface area contributed by atoms with Crippen LogP contribution >= 0.6 is 0 Å². The van der Waals surface area contributed by atoms with Crippen LogP contribution in [0.1, 0.15) is 29.9 Å². The summed E-state index contributed by atoms with van der Waals surface area (Å²) in [5.41, 5.74) is 2.42. The highest BCUT2D eigenvalue weighted by molar-refractivity contribution is 5.95. The van der Waals surface area contributed by atoms with Gasteiger partial charge in [-0.1, -0.05) is 18.2 Å². The van der Waals surface area contributed by atoms with Crippen molar-refractivity contribution in [3.63, 3.8) is 0 Å². The summed E-state index contributed by atoms with van der Waals surface area (Å²) in [4.78, 5) is 14.7. The molecule has 22 heavy (non-hydrogen) atoms. The SMILES string of the molecule is Cc1nn(-c2ccccc2)cc1C(=O)N1C[C@@H](C)N[C@@H](C)C1. The summed E-state index contributed by atoms with van der Waals surface area (Å²) in [6.07, 6.45) is 1.84. The number of rotatable bonds is 2. The Kier molecular flexibility index (Phi) is 3.98. The number of nitrogens with one attached hydrogen (secondary N) is 1. The van der Waals surface area contributed by atoms with E-state index in [4.69, 9.17) is 0 Å². The maximum atomic E-state index is 12.8. The number of amides is 1. The molecular formula is C17H22N4O. The second kappa shape index (κ2) is 5.93. The minimum atomic E-state index is 0.0693. The molecule has 1 aliphatic heterocycles. The number of nitrogens with zero attached hydrogens (tertiary/aromatic N) is 3. The number of carbonyl (C=O) groups excluding carboxylic acids is 1. The van der Waals surface area contributed by atoms with Crippen LogP contribution in [0.4, 0.5) is 0 Å². The van der Waals surface area contributed by atoms with E-state index in [-0.39, 0.29) is 5.91 Å². The summed E-state index contributed by atoms with van der Waals surface area (Å²) in [6, 6.07) is 10.5. The van der Waals surface area contributed by atoms with Gasteiger partial charge >= 0.3 is 0 Å². The molecule has 5 heteroatoms. The molecule has 2 heterocycles. The molecule has 2 atom stereocenters. The van der Waals surface area contributed by atoms with Crippen molar-refractivity contribution in [3.8, 4) is 5.69 Å². The molecule has 0 bridgehead atoms. The van der Waals surface area contributed by atoms with Gasteiger partial charge in [0.1, 0.15) is 0 Å². The molecule has 1 saturated heterocycles. The van der Waals surface area contributed by atoms with Crippen molar-refractivity contribution in [1.29, 1.82) is 0 Å². The Bertz CT molecular complexity index is 655. The van der Waals surface area contributed by atoms with Gasteiger partial charge in [-0.05, 0) is 32.9 Å². The zero-order chi connectivity index (χ0) is 15.7. The van der Waals surface area contributed by atoms with Crippen molar-refractivity contribution in [1.82, 2.24) is 20.0 Å². The third-order valence-corrected chi connectivity index (χ3v) is 3.99. The van der Waals surface area contributed by atoms with Gasteiger partial charge in [-0.25, -0.2) is 4.68 Å². The average molecular weight is 298 g/mol. The highest BCUT2D eigenvalue weighted by Crippen LogP contribution is 2.16. The molecule has 0 aliphatic carbocycles. The van der Waals surface area contributed by atoms with Gasteiger partial charge in [0, 0.05) is 31.4 Å². The van der Waals surface area contributed by atoms with E-state index in [0.717, 1.165) is 24.5 Å². The molecular weight excluding hydrogens is 276 g/mol. The quantitative estimate of drug-likeness (QED) is 0.922. The standard InChI is InChI=1S/C17H22N4O/c1-12-9-20(10-13(2)18-12)17(22)16-11-21(19-14(16)3)15-7-5-4-6-8-15/h4-8,11-13,18H,9-10H2,1-3H3/t12-,13+. The molecule has 1 fully saturated rings. The third kappa shape index (κ3) is 2.90. The second-order valence-electron chi connectivity index (χ2n) is 6.09. The molecule has 1 N–H and O–H groups in total. The number of piperazine rings is 1. The highest BCUT2D eigenvalue weighted by atomic mass is 16.2. The first-order valence-corrected chi connectivity index (χ1v) is 7.71. The van der Waals surface area contributed by atoms with E-state index in [1.165, 1.54) is 0 Å². The maximum Gasteiger partial charge on any atom is 0.257 e. The van der Waals surface area contributed by atoms with Crippen molar-refractivity contribution in [2.45, 2.75) is 32.9 Å². The maximum absolute atomic E-state index is 12.8. The summed E-state index contributed by atoms with van der Waals surface area (Å²) < 4.78 is 1.78. The van der Waals surface area contributed by atoms with E-state index in [2.05, 4.69) is 24.3 Å². The van der Waals surface area contributed by atoms with E-state index in [0.29, 0.717) is 17.6 Å². The molecule has 5 nitrogen and oxygen atoms in total. The topological polar surface area (TPSA) is 50.2 Å². The van der Waals surface area contributed by atoms with Crippen molar-refractivity contribution in [2.24, 2.45) is 0 Å². The first-order chi connectivity index (χ1) is 10.5. The Morgan fingerprint density at radius 2 is 1.82 bits per heavy atom. The highest BCUT2D eigenvalue weighted by Gasteiger charge is 2.27. The van der Waals surface area contributed by atoms with E-state index in [9.17, 15) is 4.79 Å². The largest absolute Gasteiger partial charge is 0.335 e. The lowest BCUT2D eigenvalue weighted by molar-refractivity contribution is 0.0673. The normalized spacial score (nSPS) is 21.9. The van der Waals surface area contributed by atoms with E-state index >= 15 is 0 Å². The van der Waals surface area contributed by atoms with Gasteiger partial charge in [0.2, 0.25) is 0 Å². The van der Waals surface area contributed by atoms with Crippen molar-refractivity contribution < 1.29 is 4.79 Å². The molecule has 1 aromatic carbocycles. The summed E-state index contributed by atoms with van der Waals surface area (Å²) in [7, 11) is 0. The number of benzene rings is 1. The van der Waals surface area contributed by atoms with Crippen LogP contribution in [0, 0.1) is 6.92 Å². The Morgan fingerprint density at radius 3 is 2.45 bits per heavy atom. The van der Waals surface area contributed by atoms with Crippen LogP contribution in [-0.4, -0.2) is 45.8 Å². The Hall–Kier alpha value is -2.14. The number of carbonyl (C=O) groups is 1. The zero-order valence-electron chi connectivity index (χ0n) is 13.3. The summed E-state index contributed by atoms with van der Waals surface area (Å²) >= 11 is 0. The minimum Gasteiger partial charge on any atom is -0.335 e. The molecule has 3 rings (SSSR count). The smallest absolute Gasteiger partial charge is 0.257 e. The van der Waals surface area contributed by atoms with E-state index < -0.39 is 0 Å². The summed E-state index contributed by atoms with van der Waals surface area (Å²) in [5.74, 6) is 0.0693. The Labute approximate surface area is 130 Å². The van der Waals surface area contributed by atoms with Crippen LogP contribution in [0.2, 0.25) is 0 Å². The predicted octanol–water partition coefficient (Wildman–Crippen LogP) is 2.00. The first kappa shape index (κ1) is 14.8. The molecule has 0 radical (unpaired) electrons. The van der Waals surface area contributed by atoms with Crippen LogP contribution in [-0.2, 0) is 0 Å². The van der Waals surface area contributed by atoms with Crippen LogP contribution in [0.15, 0.2) is 36.5 Å². The number of aryl methyl sites for hydroxylation is 1. The third-order valence-electron chi connectivity index (χ3n) is 3.99. The molecule has 0 spiro atoms. The Morgan fingerprint density at radius 1 is 1.18 bits per heavy atom. The van der Waals surface area contributed by atoms with Gasteiger partial charge in [0.05, 0.1) is 16.9 Å². The van der Waals surface area contributed by atoms with Crippen LogP contribution in [0.3, 0.4) is 0 Å². The number of hydrogen-bond donors (Lipinski definition) is 1. The molecule has 2 aromatic rings. The molecule has 0 unspecified atom stereocenters.